The van der Waals surface area contributed by atoms with Gasteiger partial charge >= 0.3 is 12.2 Å². The summed E-state index contributed by atoms with van der Waals surface area (Å²) in [7, 11) is 2.03. The van der Waals surface area contributed by atoms with Gasteiger partial charge in [0, 0.05) is 37.7 Å². The molecule has 0 radical (unpaired) electrons. The SMILES string of the molecule is C=CC(=O)N1CCN(c2nc(OC[C@@H]3CCCN3C)nc3c2COC(c2cccc(Cl)c2C(F)(F)F)C3)C[C@@H]1CC#N. The van der Waals surface area contributed by atoms with Gasteiger partial charge in [-0.15, -0.1) is 0 Å². The summed E-state index contributed by atoms with van der Waals surface area (Å²) in [4.78, 5) is 27.6. The van der Waals surface area contributed by atoms with Crippen LogP contribution in [0.4, 0.5) is 19.0 Å². The topological polar surface area (TPSA) is 94.8 Å². The number of benzene rings is 1. The minimum Gasteiger partial charge on any atom is -0.462 e. The average molecular weight is 605 g/mol. The van der Waals surface area contributed by atoms with Crippen molar-refractivity contribution in [2.45, 2.75) is 56.7 Å². The van der Waals surface area contributed by atoms with Crippen molar-refractivity contribution >= 4 is 23.3 Å². The summed E-state index contributed by atoms with van der Waals surface area (Å²) in [5.41, 5.74) is 0.200. The number of piperazine rings is 1. The molecule has 0 spiro atoms. The number of fused-ring (bicyclic) bond motifs is 1. The molecule has 1 amide bonds. The third-order valence-electron chi connectivity index (χ3n) is 8.18. The Balaban J connectivity index is 1.49. The molecule has 9 nitrogen and oxygen atoms in total. The second-order valence-electron chi connectivity index (χ2n) is 10.7. The molecule has 2 fully saturated rings. The maximum atomic E-state index is 14.0. The first-order valence-electron chi connectivity index (χ1n) is 13.9. The van der Waals surface area contributed by atoms with Gasteiger partial charge in [-0.2, -0.15) is 28.4 Å². The number of hydrogen-bond acceptors (Lipinski definition) is 8. The van der Waals surface area contributed by atoms with Crippen LogP contribution in [0.5, 0.6) is 6.01 Å². The number of rotatable bonds is 7. The van der Waals surface area contributed by atoms with Gasteiger partial charge in [-0.1, -0.05) is 30.3 Å². The van der Waals surface area contributed by atoms with Crippen molar-refractivity contribution in [1.29, 1.82) is 5.26 Å². The molecule has 3 aliphatic rings. The monoisotopic (exact) mass is 604 g/mol. The number of aromatic nitrogens is 2. The van der Waals surface area contributed by atoms with Crippen molar-refractivity contribution < 1.29 is 27.4 Å². The molecule has 5 rings (SSSR count). The lowest BCUT2D eigenvalue weighted by Crippen LogP contribution is -2.55. The summed E-state index contributed by atoms with van der Waals surface area (Å²) in [5, 5.41) is 9.03. The number of halogens is 4. The number of carbonyl (C=O) groups is 1. The molecule has 0 bridgehead atoms. The fourth-order valence-corrected chi connectivity index (χ4v) is 6.25. The molecule has 2 saturated heterocycles. The summed E-state index contributed by atoms with van der Waals surface area (Å²) >= 11 is 6.00. The minimum atomic E-state index is -4.66. The molecule has 224 valence electrons. The van der Waals surface area contributed by atoms with Crippen LogP contribution in [-0.4, -0.2) is 77.6 Å². The van der Waals surface area contributed by atoms with Crippen LogP contribution in [0.15, 0.2) is 30.9 Å². The Morgan fingerprint density at radius 1 is 1.29 bits per heavy atom. The molecule has 3 atom stereocenters. The molecular weight excluding hydrogens is 573 g/mol. The van der Waals surface area contributed by atoms with Crippen molar-refractivity contribution in [1.82, 2.24) is 19.8 Å². The molecule has 13 heteroatoms. The third-order valence-corrected chi connectivity index (χ3v) is 8.49. The highest BCUT2D eigenvalue weighted by atomic mass is 35.5. The van der Waals surface area contributed by atoms with E-state index in [0.29, 0.717) is 43.3 Å². The Morgan fingerprint density at radius 3 is 2.79 bits per heavy atom. The van der Waals surface area contributed by atoms with Crippen molar-refractivity contribution in [2.75, 3.05) is 44.7 Å². The number of amides is 1. The predicted octanol–water partition coefficient (Wildman–Crippen LogP) is 4.55. The van der Waals surface area contributed by atoms with Crippen LogP contribution in [0.2, 0.25) is 5.02 Å². The minimum absolute atomic E-state index is 0.0283. The Kier molecular flexibility index (Phi) is 8.92. The highest BCUT2D eigenvalue weighted by molar-refractivity contribution is 6.31. The number of nitrogens with zero attached hydrogens (tertiary/aromatic N) is 6. The Morgan fingerprint density at radius 2 is 2.10 bits per heavy atom. The third kappa shape index (κ3) is 6.19. The predicted molar refractivity (Wildman–Crippen MR) is 149 cm³/mol. The van der Waals surface area contributed by atoms with Crippen molar-refractivity contribution in [3.8, 4) is 12.1 Å². The van der Waals surface area contributed by atoms with Crippen LogP contribution in [0.25, 0.3) is 0 Å². The number of nitriles is 1. The van der Waals surface area contributed by atoms with Gasteiger partial charge in [0.1, 0.15) is 12.4 Å². The summed E-state index contributed by atoms with van der Waals surface area (Å²) < 4.78 is 54.0. The van der Waals surface area contributed by atoms with Crippen LogP contribution in [-0.2, 0) is 28.7 Å². The quantitative estimate of drug-likeness (QED) is 0.425. The molecule has 1 aromatic carbocycles. The number of hydrogen-bond donors (Lipinski definition) is 0. The Bertz CT molecular complexity index is 1380. The molecule has 0 N–H and O–H groups in total. The van der Waals surface area contributed by atoms with Gasteiger partial charge in [0.25, 0.3) is 0 Å². The Labute approximate surface area is 247 Å². The average Bonchev–Trinajstić information content (AvgIpc) is 3.38. The molecular formula is C29H32ClF3N6O3. The standard InChI is InChI=1S/C29H32ClF3N6O3/c1-3-25(40)39-13-12-38(15-18(39)9-10-34)27-21-17-41-24(20-7-4-8-22(30)26(20)29(31,32)33)14-23(21)35-28(36-27)42-16-19-6-5-11-37(19)2/h3-4,7-8,18-19,24H,1,5-6,9,11-17H2,2H3/t18-,19-,24?/m0/s1. The molecule has 4 heterocycles. The van der Waals surface area contributed by atoms with Crippen LogP contribution in [0, 0.1) is 11.3 Å². The van der Waals surface area contributed by atoms with Crippen LogP contribution in [0.1, 0.15) is 47.8 Å². The molecule has 1 aromatic heterocycles. The van der Waals surface area contributed by atoms with E-state index in [1.165, 1.54) is 24.3 Å². The van der Waals surface area contributed by atoms with Crippen LogP contribution < -0.4 is 9.64 Å². The lowest BCUT2D eigenvalue weighted by molar-refractivity contribution is -0.139. The molecule has 0 aliphatic carbocycles. The summed E-state index contributed by atoms with van der Waals surface area (Å²) in [6, 6.07) is 6.16. The fraction of sp³-hybridized carbons (Fsp3) is 0.517. The van der Waals surface area contributed by atoms with Gasteiger partial charge < -0.3 is 24.2 Å². The molecule has 42 heavy (non-hydrogen) atoms. The molecule has 2 aromatic rings. The highest BCUT2D eigenvalue weighted by Gasteiger charge is 2.40. The van der Waals surface area contributed by atoms with E-state index in [2.05, 4.69) is 22.5 Å². The maximum absolute atomic E-state index is 14.0. The molecule has 3 aliphatic heterocycles. The van der Waals surface area contributed by atoms with E-state index in [-0.39, 0.29) is 43.0 Å². The van der Waals surface area contributed by atoms with Gasteiger partial charge in [0.05, 0.1) is 47.5 Å². The number of alkyl halides is 3. The van der Waals surface area contributed by atoms with E-state index in [1.54, 1.807) is 4.90 Å². The van der Waals surface area contributed by atoms with Gasteiger partial charge in [0.15, 0.2) is 0 Å². The van der Waals surface area contributed by atoms with E-state index in [0.717, 1.165) is 19.4 Å². The largest absolute Gasteiger partial charge is 0.462 e. The lowest BCUT2D eigenvalue weighted by atomic mass is 9.95. The first kappa shape index (κ1) is 30.1. The zero-order valence-corrected chi connectivity index (χ0v) is 24.0. The van der Waals surface area contributed by atoms with Crippen molar-refractivity contribution in [3.63, 3.8) is 0 Å². The van der Waals surface area contributed by atoms with E-state index >= 15 is 0 Å². The molecule has 0 saturated carbocycles. The fourth-order valence-electron chi connectivity index (χ4n) is 5.96. The van der Waals surface area contributed by atoms with E-state index < -0.39 is 28.9 Å². The van der Waals surface area contributed by atoms with Gasteiger partial charge in [-0.05, 0) is 44.1 Å². The lowest BCUT2D eigenvalue weighted by Gasteiger charge is -2.42. The van der Waals surface area contributed by atoms with E-state index in [1.807, 2.05) is 11.9 Å². The normalized spacial score (nSPS) is 22.9. The second-order valence-corrected chi connectivity index (χ2v) is 11.2. The summed E-state index contributed by atoms with van der Waals surface area (Å²) in [5.74, 6) is 0.279. The first-order valence-corrected chi connectivity index (χ1v) is 14.2. The van der Waals surface area contributed by atoms with Crippen molar-refractivity contribution in [2.24, 2.45) is 0 Å². The Hall–Kier alpha value is -3.40. The zero-order valence-electron chi connectivity index (χ0n) is 23.2. The molecule has 1 unspecified atom stereocenters. The van der Waals surface area contributed by atoms with Gasteiger partial charge in [-0.3, -0.25) is 4.79 Å². The summed E-state index contributed by atoms with van der Waals surface area (Å²) in [6.07, 6.45) is -2.13. The van der Waals surface area contributed by atoms with E-state index in [4.69, 9.17) is 26.1 Å². The van der Waals surface area contributed by atoms with Crippen LogP contribution >= 0.6 is 11.6 Å². The number of likely N-dealkylation sites (tertiary alicyclic amines) is 1. The smallest absolute Gasteiger partial charge is 0.418 e. The second kappa shape index (κ2) is 12.5. The van der Waals surface area contributed by atoms with Gasteiger partial charge in [0.2, 0.25) is 5.91 Å². The van der Waals surface area contributed by atoms with Crippen molar-refractivity contribution in [3.05, 3.63) is 58.3 Å². The van der Waals surface area contributed by atoms with E-state index in [9.17, 15) is 23.2 Å². The highest BCUT2D eigenvalue weighted by Crippen LogP contribution is 2.43. The summed E-state index contributed by atoms with van der Waals surface area (Å²) in [6.45, 7) is 5.99. The van der Waals surface area contributed by atoms with Crippen LogP contribution in [0.3, 0.4) is 0 Å². The van der Waals surface area contributed by atoms with Gasteiger partial charge in [-0.25, -0.2) is 0 Å². The maximum Gasteiger partial charge on any atom is 0.418 e. The first-order chi connectivity index (χ1) is 20.1. The number of likely N-dealkylation sites (N-methyl/N-ethyl adjacent to an activating group) is 1. The number of carbonyl (C=O) groups excluding carboxylic acids is 1. The number of ether oxygens (including phenoxy) is 2. The number of anilines is 1. The zero-order chi connectivity index (χ0) is 30.0.